The van der Waals surface area contributed by atoms with Gasteiger partial charge >= 0.3 is 5.97 Å². The smallest absolute Gasteiger partial charge is 0.312 e. The predicted octanol–water partition coefficient (Wildman–Crippen LogP) is 2.56. The van der Waals surface area contributed by atoms with Crippen LogP contribution in [-0.4, -0.2) is 40.0 Å². The van der Waals surface area contributed by atoms with E-state index < -0.39 is 16.9 Å². The van der Waals surface area contributed by atoms with Crippen LogP contribution in [0.1, 0.15) is 24.6 Å². The number of esters is 1. The molecule has 0 aliphatic carbocycles. The maximum absolute atomic E-state index is 12.2. The predicted molar refractivity (Wildman–Crippen MR) is 103 cm³/mol. The Morgan fingerprint density at radius 2 is 2.07 bits per heavy atom. The molecule has 2 rings (SSSR count). The van der Waals surface area contributed by atoms with E-state index in [9.17, 15) is 19.7 Å². The highest BCUT2D eigenvalue weighted by Crippen LogP contribution is 2.21. The van der Waals surface area contributed by atoms with Gasteiger partial charge in [-0.2, -0.15) is 10.3 Å². The van der Waals surface area contributed by atoms with E-state index in [1.807, 2.05) is 6.07 Å². The lowest BCUT2D eigenvalue weighted by Crippen LogP contribution is -2.32. The fourth-order valence-electron chi connectivity index (χ4n) is 2.44. The van der Waals surface area contributed by atoms with Crippen LogP contribution >= 0.6 is 0 Å². The van der Waals surface area contributed by atoms with E-state index in [1.54, 1.807) is 30.3 Å². The first kappa shape index (κ1) is 22.4. The molecular formula is C20H18N4O6. The third-order valence-corrected chi connectivity index (χ3v) is 3.81. The summed E-state index contributed by atoms with van der Waals surface area (Å²) in [5, 5.41) is 20.8. The molecule has 30 heavy (non-hydrogen) atoms. The van der Waals surface area contributed by atoms with Crippen LogP contribution in [0.4, 0.5) is 5.69 Å². The summed E-state index contributed by atoms with van der Waals surface area (Å²) in [7, 11) is 0. The van der Waals surface area contributed by atoms with Crippen LogP contribution in [0.15, 0.2) is 54.7 Å². The van der Waals surface area contributed by atoms with Gasteiger partial charge in [0, 0.05) is 31.0 Å². The van der Waals surface area contributed by atoms with Gasteiger partial charge in [0.25, 0.3) is 5.69 Å². The molecule has 0 aliphatic heterocycles. The van der Waals surface area contributed by atoms with Crippen molar-refractivity contribution in [3.8, 4) is 11.8 Å². The molecule has 0 N–H and O–H groups in total. The summed E-state index contributed by atoms with van der Waals surface area (Å²) in [6.45, 7) is 0.0978. The molecule has 1 heterocycles. The van der Waals surface area contributed by atoms with Crippen molar-refractivity contribution in [1.29, 1.82) is 5.26 Å². The SMILES string of the molecule is N#CCCON(CCC(=O)Oc1ccc([N+](=O)[O-])cc1)C(C=C=O)c1ccccn1. The van der Waals surface area contributed by atoms with Gasteiger partial charge in [-0.3, -0.25) is 24.7 Å². The highest BCUT2D eigenvalue weighted by atomic mass is 16.7. The highest BCUT2D eigenvalue weighted by Gasteiger charge is 2.22. The number of rotatable bonds is 11. The number of pyridine rings is 1. The Morgan fingerprint density at radius 1 is 1.30 bits per heavy atom. The molecule has 1 aromatic heterocycles. The van der Waals surface area contributed by atoms with Crippen molar-refractivity contribution < 1.29 is 24.1 Å². The number of hydroxylamine groups is 2. The molecule has 0 spiro atoms. The number of non-ortho nitro benzene ring substituents is 1. The molecule has 0 fully saturated rings. The summed E-state index contributed by atoms with van der Waals surface area (Å²) < 4.78 is 5.17. The molecular weight excluding hydrogens is 392 g/mol. The fourth-order valence-corrected chi connectivity index (χ4v) is 2.44. The quantitative estimate of drug-likeness (QED) is 0.137. The molecule has 0 saturated heterocycles. The number of hydrogen-bond acceptors (Lipinski definition) is 9. The zero-order valence-electron chi connectivity index (χ0n) is 15.8. The number of nitro groups is 1. The molecule has 1 aromatic carbocycles. The number of carbonyl (C=O) groups is 1. The van der Waals surface area contributed by atoms with Crippen LogP contribution in [0, 0.1) is 21.4 Å². The summed E-state index contributed by atoms with van der Waals surface area (Å²) in [5.41, 5.74) is 0.382. The van der Waals surface area contributed by atoms with Crippen molar-refractivity contribution >= 4 is 17.6 Å². The summed E-state index contributed by atoms with van der Waals surface area (Å²) in [6, 6.07) is 11.5. The molecule has 10 heteroatoms. The number of nitriles is 1. The van der Waals surface area contributed by atoms with Gasteiger partial charge in [-0.15, -0.1) is 0 Å². The van der Waals surface area contributed by atoms with E-state index >= 15 is 0 Å². The van der Waals surface area contributed by atoms with Crippen LogP contribution < -0.4 is 4.74 Å². The number of nitrogens with zero attached hydrogens (tertiary/aromatic N) is 4. The Morgan fingerprint density at radius 3 is 2.67 bits per heavy atom. The normalized spacial score (nSPS) is 11.2. The minimum atomic E-state index is -0.713. The topological polar surface area (TPSA) is 136 Å². The van der Waals surface area contributed by atoms with Gasteiger partial charge in [-0.25, -0.2) is 4.79 Å². The van der Waals surface area contributed by atoms with Crippen molar-refractivity contribution in [1.82, 2.24) is 10.0 Å². The van der Waals surface area contributed by atoms with Crippen molar-refractivity contribution in [2.24, 2.45) is 0 Å². The molecule has 1 unspecified atom stereocenters. The number of aromatic nitrogens is 1. The second-order valence-corrected chi connectivity index (χ2v) is 5.84. The Bertz CT molecular complexity index is 936. The number of benzene rings is 1. The van der Waals surface area contributed by atoms with Gasteiger partial charge in [-0.05, 0) is 24.3 Å². The van der Waals surface area contributed by atoms with Crippen molar-refractivity contribution in [3.05, 3.63) is 70.5 Å². The van der Waals surface area contributed by atoms with Crippen LogP contribution in [0.2, 0.25) is 0 Å². The Kier molecular flexibility index (Phi) is 8.83. The first-order valence-corrected chi connectivity index (χ1v) is 8.88. The van der Waals surface area contributed by atoms with Gasteiger partial charge < -0.3 is 4.74 Å². The molecule has 0 radical (unpaired) electrons. The standard InChI is InChI=1S/C20H18N4O6/c21-11-3-15-29-23(19(10-14-25)18-4-1-2-12-22-18)13-9-20(26)30-17-7-5-16(6-8-17)24(27)28/h1-2,4-8,10,12,19H,3,9,13,15H2. The largest absolute Gasteiger partial charge is 0.426 e. The van der Waals surface area contributed by atoms with E-state index in [0.29, 0.717) is 5.69 Å². The molecule has 0 bridgehead atoms. The summed E-state index contributed by atoms with van der Waals surface area (Å²) >= 11 is 0. The lowest BCUT2D eigenvalue weighted by molar-refractivity contribution is -0.384. The maximum Gasteiger partial charge on any atom is 0.312 e. The first-order chi connectivity index (χ1) is 14.5. The number of hydrogen-bond donors (Lipinski definition) is 0. The second kappa shape index (κ2) is 11.8. The summed E-state index contributed by atoms with van der Waals surface area (Å²) in [6.07, 6.45) is 2.76. The van der Waals surface area contributed by atoms with Crippen molar-refractivity contribution in [2.75, 3.05) is 13.2 Å². The second-order valence-electron chi connectivity index (χ2n) is 5.84. The Hall–Kier alpha value is -3.90. The zero-order chi connectivity index (χ0) is 21.8. The Labute approximate surface area is 172 Å². The molecule has 0 aliphatic rings. The molecule has 0 saturated carbocycles. The van der Waals surface area contributed by atoms with Crippen molar-refractivity contribution in [3.63, 3.8) is 0 Å². The minimum absolute atomic E-state index is 0.0384. The fraction of sp³-hybridized carbons (Fsp3) is 0.250. The highest BCUT2D eigenvalue weighted by molar-refractivity contribution is 5.72. The summed E-state index contributed by atoms with van der Waals surface area (Å²) in [5.74, 6) is 1.27. The third-order valence-electron chi connectivity index (χ3n) is 3.81. The Balaban J connectivity index is 2.05. The number of ether oxygens (including phenoxy) is 1. The van der Waals surface area contributed by atoms with Crippen LogP contribution in [0.5, 0.6) is 5.75 Å². The van der Waals surface area contributed by atoms with Gasteiger partial charge in [0.1, 0.15) is 17.7 Å². The third kappa shape index (κ3) is 6.92. The van der Waals surface area contributed by atoms with Crippen LogP contribution in [0.3, 0.4) is 0 Å². The molecule has 10 nitrogen and oxygen atoms in total. The van der Waals surface area contributed by atoms with E-state index in [0.717, 1.165) is 0 Å². The zero-order valence-corrected chi connectivity index (χ0v) is 15.8. The molecule has 1 atom stereocenters. The van der Waals surface area contributed by atoms with Crippen LogP contribution in [0.25, 0.3) is 0 Å². The summed E-state index contributed by atoms with van der Waals surface area (Å²) in [4.78, 5) is 43.1. The average Bonchev–Trinajstić information content (AvgIpc) is 2.76. The van der Waals surface area contributed by atoms with Gasteiger partial charge in [0.05, 0.1) is 36.1 Å². The van der Waals surface area contributed by atoms with Gasteiger partial charge in [0.15, 0.2) is 0 Å². The maximum atomic E-state index is 12.2. The monoisotopic (exact) mass is 410 g/mol. The molecule has 0 amide bonds. The van der Waals surface area contributed by atoms with E-state index in [-0.39, 0.29) is 37.4 Å². The van der Waals surface area contributed by atoms with Crippen molar-refractivity contribution in [2.45, 2.75) is 18.9 Å². The van der Waals surface area contributed by atoms with E-state index in [1.165, 1.54) is 35.4 Å². The average molecular weight is 410 g/mol. The van der Waals surface area contributed by atoms with E-state index in [2.05, 4.69) is 4.98 Å². The first-order valence-electron chi connectivity index (χ1n) is 8.88. The van der Waals surface area contributed by atoms with Gasteiger partial charge in [-0.1, -0.05) is 6.07 Å². The molecule has 2 aromatic rings. The number of carbonyl (C=O) groups excluding carboxylic acids is 2. The number of nitro benzene ring substituents is 1. The lowest BCUT2D eigenvalue weighted by atomic mass is 10.1. The van der Waals surface area contributed by atoms with Crippen LogP contribution in [-0.2, 0) is 14.4 Å². The lowest BCUT2D eigenvalue weighted by Gasteiger charge is -2.27. The minimum Gasteiger partial charge on any atom is -0.426 e. The molecule has 154 valence electrons. The van der Waals surface area contributed by atoms with E-state index in [4.69, 9.17) is 14.8 Å². The van der Waals surface area contributed by atoms with Gasteiger partial charge in [0.2, 0.25) is 0 Å².